The van der Waals surface area contributed by atoms with Crippen molar-refractivity contribution in [2.45, 2.75) is 17.7 Å². The molecule has 0 saturated carbocycles. The highest BCUT2D eigenvalue weighted by molar-refractivity contribution is 7.99. The van der Waals surface area contributed by atoms with Crippen LogP contribution in [-0.2, 0) is 0 Å². The Hall–Kier alpha value is -0.410. The standard InChI is InChI=1S/C8H11NOS/c9-6-4-8(11-5-6)7-2-1-3-10-7/h1-3,6,8H,4-5,9H2. The van der Waals surface area contributed by atoms with Gasteiger partial charge in [-0.05, 0) is 18.6 Å². The van der Waals surface area contributed by atoms with Gasteiger partial charge in [0.1, 0.15) is 5.76 Å². The molecule has 1 aliphatic rings. The lowest BCUT2D eigenvalue weighted by Crippen LogP contribution is -2.17. The Morgan fingerprint density at radius 2 is 2.55 bits per heavy atom. The van der Waals surface area contributed by atoms with Crippen LogP contribution in [0.4, 0.5) is 0 Å². The second-order valence-electron chi connectivity index (χ2n) is 2.83. The molecule has 60 valence electrons. The van der Waals surface area contributed by atoms with Gasteiger partial charge in [-0.1, -0.05) is 0 Å². The molecule has 2 nitrogen and oxygen atoms in total. The molecular weight excluding hydrogens is 158 g/mol. The smallest absolute Gasteiger partial charge is 0.116 e. The first-order valence-corrected chi connectivity index (χ1v) is 4.82. The van der Waals surface area contributed by atoms with Crippen LogP contribution in [0.15, 0.2) is 22.8 Å². The fraction of sp³-hybridized carbons (Fsp3) is 0.500. The molecule has 1 fully saturated rings. The molecule has 2 heterocycles. The van der Waals surface area contributed by atoms with E-state index in [0.717, 1.165) is 17.9 Å². The van der Waals surface area contributed by atoms with E-state index in [0.29, 0.717) is 11.3 Å². The molecule has 0 spiro atoms. The molecule has 1 saturated heterocycles. The molecule has 2 atom stereocenters. The molecular formula is C8H11NOS. The van der Waals surface area contributed by atoms with Crippen molar-refractivity contribution in [1.82, 2.24) is 0 Å². The molecule has 1 aliphatic heterocycles. The van der Waals surface area contributed by atoms with Gasteiger partial charge in [-0.25, -0.2) is 0 Å². The predicted octanol–water partition coefficient (Wildman–Crippen LogP) is 1.78. The average Bonchev–Trinajstić information content (AvgIpc) is 2.55. The van der Waals surface area contributed by atoms with Crippen molar-refractivity contribution >= 4 is 11.8 Å². The van der Waals surface area contributed by atoms with Crippen molar-refractivity contribution < 1.29 is 4.42 Å². The van der Waals surface area contributed by atoms with Gasteiger partial charge in [-0.3, -0.25) is 0 Å². The fourth-order valence-electron chi connectivity index (χ4n) is 1.32. The molecule has 3 heteroatoms. The summed E-state index contributed by atoms with van der Waals surface area (Å²) in [6.07, 6.45) is 2.78. The molecule has 0 aromatic carbocycles. The van der Waals surface area contributed by atoms with Crippen LogP contribution in [0.2, 0.25) is 0 Å². The maximum absolute atomic E-state index is 5.77. The summed E-state index contributed by atoms with van der Waals surface area (Å²) in [6, 6.07) is 4.31. The summed E-state index contributed by atoms with van der Waals surface area (Å²) in [5.41, 5.74) is 5.77. The van der Waals surface area contributed by atoms with Gasteiger partial charge in [-0.2, -0.15) is 0 Å². The van der Waals surface area contributed by atoms with Crippen LogP contribution in [-0.4, -0.2) is 11.8 Å². The lowest BCUT2D eigenvalue weighted by molar-refractivity contribution is 0.494. The normalized spacial score (nSPS) is 31.0. The van der Waals surface area contributed by atoms with Crippen LogP contribution in [0.3, 0.4) is 0 Å². The summed E-state index contributed by atoms with van der Waals surface area (Å²) in [4.78, 5) is 0. The maximum atomic E-state index is 5.77. The number of rotatable bonds is 1. The molecule has 0 amide bonds. The molecule has 2 N–H and O–H groups in total. The number of furan rings is 1. The van der Waals surface area contributed by atoms with Crippen molar-refractivity contribution in [2.75, 3.05) is 5.75 Å². The van der Waals surface area contributed by atoms with E-state index in [-0.39, 0.29) is 0 Å². The predicted molar refractivity (Wildman–Crippen MR) is 46.5 cm³/mol. The lowest BCUT2D eigenvalue weighted by atomic mass is 10.1. The monoisotopic (exact) mass is 169 g/mol. The quantitative estimate of drug-likeness (QED) is 0.696. The highest BCUT2D eigenvalue weighted by atomic mass is 32.2. The minimum atomic E-state index is 0.357. The van der Waals surface area contributed by atoms with Crippen LogP contribution in [0.25, 0.3) is 0 Å². The minimum absolute atomic E-state index is 0.357. The summed E-state index contributed by atoms with van der Waals surface area (Å²) in [7, 11) is 0. The van der Waals surface area contributed by atoms with Gasteiger partial charge in [0.2, 0.25) is 0 Å². The van der Waals surface area contributed by atoms with Crippen LogP contribution < -0.4 is 5.73 Å². The zero-order chi connectivity index (χ0) is 7.68. The highest BCUT2D eigenvalue weighted by Gasteiger charge is 2.25. The van der Waals surface area contributed by atoms with Gasteiger partial charge >= 0.3 is 0 Å². The zero-order valence-corrected chi connectivity index (χ0v) is 7.01. The number of nitrogens with two attached hydrogens (primary N) is 1. The van der Waals surface area contributed by atoms with Gasteiger partial charge in [0.25, 0.3) is 0 Å². The summed E-state index contributed by atoms with van der Waals surface area (Å²) in [5.74, 6) is 2.13. The van der Waals surface area contributed by atoms with Crippen LogP contribution in [0.5, 0.6) is 0 Å². The molecule has 0 aliphatic carbocycles. The molecule has 2 unspecified atom stereocenters. The molecule has 1 aromatic rings. The third kappa shape index (κ3) is 1.44. The Labute approximate surface area is 70.1 Å². The van der Waals surface area contributed by atoms with E-state index in [9.17, 15) is 0 Å². The molecule has 1 aromatic heterocycles. The van der Waals surface area contributed by atoms with Crippen molar-refractivity contribution in [3.8, 4) is 0 Å². The van der Waals surface area contributed by atoms with Crippen molar-refractivity contribution in [3.05, 3.63) is 24.2 Å². The third-order valence-electron chi connectivity index (χ3n) is 1.89. The third-order valence-corrected chi connectivity index (χ3v) is 3.34. The summed E-state index contributed by atoms with van der Waals surface area (Å²) < 4.78 is 5.29. The van der Waals surface area contributed by atoms with Gasteiger partial charge in [0, 0.05) is 11.8 Å². The summed E-state index contributed by atoms with van der Waals surface area (Å²) >= 11 is 1.89. The number of hydrogen-bond donors (Lipinski definition) is 1. The summed E-state index contributed by atoms with van der Waals surface area (Å²) in [5, 5.41) is 0.500. The minimum Gasteiger partial charge on any atom is -0.468 e. The Morgan fingerprint density at radius 1 is 1.64 bits per heavy atom. The lowest BCUT2D eigenvalue weighted by Gasteiger charge is -2.02. The Kier molecular flexibility index (Phi) is 1.92. The Bertz CT molecular complexity index is 222. The number of hydrogen-bond acceptors (Lipinski definition) is 3. The highest BCUT2D eigenvalue weighted by Crippen LogP contribution is 2.39. The van der Waals surface area contributed by atoms with E-state index >= 15 is 0 Å². The van der Waals surface area contributed by atoms with E-state index in [2.05, 4.69) is 0 Å². The van der Waals surface area contributed by atoms with Gasteiger partial charge in [0.05, 0.1) is 11.5 Å². The van der Waals surface area contributed by atoms with Crippen molar-refractivity contribution in [1.29, 1.82) is 0 Å². The first-order chi connectivity index (χ1) is 5.36. The number of thioether (sulfide) groups is 1. The first-order valence-electron chi connectivity index (χ1n) is 3.77. The van der Waals surface area contributed by atoms with E-state index < -0.39 is 0 Å². The van der Waals surface area contributed by atoms with E-state index in [1.807, 2.05) is 23.9 Å². The topological polar surface area (TPSA) is 39.2 Å². The van der Waals surface area contributed by atoms with Crippen LogP contribution in [0, 0.1) is 0 Å². The van der Waals surface area contributed by atoms with Crippen LogP contribution in [0.1, 0.15) is 17.4 Å². The van der Waals surface area contributed by atoms with Gasteiger partial charge < -0.3 is 10.2 Å². The van der Waals surface area contributed by atoms with E-state index in [1.54, 1.807) is 6.26 Å². The second-order valence-corrected chi connectivity index (χ2v) is 4.07. The van der Waals surface area contributed by atoms with Crippen molar-refractivity contribution in [3.63, 3.8) is 0 Å². The molecule has 0 radical (unpaired) electrons. The Morgan fingerprint density at radius 3 is 3.09 bits per heavy atom. The Balaban J connectivity index is 2.08. The molecule has 0 bridgehead atoms. The van der Waals surface area contributed by atoms with E-state index in [1.165, 1.54) is 0 Å². The maximum Gasteiger partial charge on any atom is 0.116 e. The second kappa shape index (κ2) is 2.91. The summed E-state index contributed by atoms with van der Waals surface area (Å²) in [6.45, 7) is 0. The van der Waals surface area contributed by atoms with Crippen molar-refractivity contribution in [2.24, 2.45) is 5.73 Å². The van der Waals surface area contributed by atoms with Crippen LogP contribution >= 0.6 is 11.8 Å². The largest absolute Gasteiger partial charge is 0.468 e. The average molecular weight is 169 g/mol. The molecule has 11 heavy (non-hydrogen) atoms. The fourth-order valence-corrected chi connectivity index (χ4v) is 2.62. The first kappa shape index (κ1) is 7.25. The van der Waals surface area contributed by atoms with Gasteiger partial charge in [-0.15, -0.1) is 11.8 Å². The molecule has 2 rings (SSSR count). The SMILES string of the molecule is NC1CSC(c2ccco2)C1. The van der Waals surface area contributed by atoms with E-state index in [4.69, 9.17) is 10.2 Å². The zero-order valence-electron chi connectivity index (χ0n) is 6.19. The van der Waals surface area contributed by atoms with Gasteiger partial charge in [0.15, 0.2) is 0 Å².